The zero-order valence-electron chi connectivity index (χ0n) is 43.4. The molecule has 0 fully saturated rings. The summed E-state index contributed by atoms with van der Waals surface area (Å²) in [7, 11) is 3.25. The Bertz CT molecular complexity index is 3710. The number of nitrogens with zero attached hydrogens (tertiary/aromatic N) is 7. The molecule has 0 aliphatic heterocycles. The topological polar surface area (TPSA) is 146 Å². The highest BCUT2D eigenvalue weighted by atomic mass is 16.7. The Kier molecular flexibility index (Phi) is 15.6. The van der Waals surface area contributed by atoms with Crippen molar-refractivity contribution in [2.24, 2.45) is 20.5 Å². The Morgan fingerprint density at radius 2 is 1.14 bits per heavy atom. The maximum Gasteiger partial charge on any atom is 0.259 e. The summed E-state index contributed by atoms with van der Waals surface area (Å²) in [4.78, 5) is 20.3. The highest BCUT2D eigenvalue weighted by Crippen LogP contribution is 2.43. The van der Waals surface area contributed by atoms with E-state index in [9.17, 15) is 4.79 Å². The molecular formula is C63H56N8O6. The number of hydroxylamine groups is 1. The van der Waals surface area contributed by atoms with Crippen LogP contribution in [0.5, 0.6) is 23.0 Å². The number of benzene rings is 9. The first-order chi connectivity index (χ1) is 37.8. The fraction of sp³-hybridized carbons (Fsp3) is 0.143. The number of azo groups is 2. The number of rotatable bonds is 20. The monoisotopic (exact) mass is 1020 g/mol. The molecule has 10 aromatic rings. The van der Waals surface area contributed by atoms with Gasteiger partial charge in [-0.15, -0.1) is 10.2 Å². The van der Waals surface area contributed by atoms with Gasteiger partial charge in [-0.3, -0.25) is 14.7 Å². The summed E-state index contributed by atoms with van der Waals surface area (Å²) < 4.78 is 25.0. The van der Waals surface area contributed by atoms with Gasteiger partial charge in [0.25, 0.3) is 5.91 Å². The first kappa shape index (κ1) is 50.9. The van der Waals surface area contributed by atoms with E-state index in [1.165, 1.54) is 0 Å². The summed E-state index contributed by atoms with van der Waals surface area (Å²) in [6, 6.07) is 60.4. The van der Waals surface area contributed by atoms with Crippen LogP contribution in [0.1, 0.15) is 36.7 Å². The van der Waals surface area contributed by atoms with E-state index in [-0.39, 0.29) is 12.5 Å². The first-order valence-corrected chi connectivity index (χ1v) is 25.4. The number of amides is 1. The average Bonchev–Trinajstić information content (AvgIpc) is 3.97. The molecule has 0 saturated heterocycles. The smallest absolute Gasteiger partial charge is 0.259 e. The number of hydrogen-bond acceptors (Lipinski definition) is 12. The Morgan fingerprint density at radius 3 is 1.75 bits per heavy atom. The number of hydrogen-bond donors (Lipinski definition) is 1. The van der Waals surface area contributed by atoms with E-state index in [0.29, 0.717) is 71.0 Å². The van der Waals surface area contributed by atoms with E-state index in [1.54, 1.807) is 38.5 Å². The maximum atomic E-state index is 13.9. The fourth-order valence-electron chi connectivity index (χ4n) is 8.98. The van der Waals surface area contributed by atoms with Crippen molar-refractivity contribution in [2.75, 3.05) is 44.4 Å². The first-order valence-electron chi connectivity index (χ1n) is 25.4. The molecule has 0 saturated carbocycles. The van der Waals surface area contributed by atoms with E-state index in [4.69, 9.17) is 49.3 Å². The van der Waals surface area contributed by atoms with Crippen LogP contribution in [0, 0.1) is 0 Å². The molecule has 0 bridgehead atoms. The minimum absolute atomic E-state index is 0.252. The van der Waals surface area contributed by atoms with E-state index < -0.39 is 0 Å². The Labute approximate surface area is 446 Å². The fourth-order valence-corrected chi connectivity index (χ4v) is 8.98. The van der Waals surface area contributed by atoms with Crippen LogP contribution in [0.3, 0.4) is 0 Å². The summed E-state index contributed by atoms with van der Waals surface area (Å²) in [6.45, 7) is 7.50. The van der Waals surface area contributed by atoms with Gasteiger partial charge in [0.05, 0.1) is 55.7 Å². The summed E-state index contributed by atoms with van der Waals surface area (Å²) in [6.07, 6.45) is 2.03. The molecule has 14 heteroatoms. The van der Waals surface area contributed by atoms with Crippen LogP contribution in [0.2, 0.25) is 0 Å². The molecule has 0 atom stereocenters. The lowest BCUT2D eigenvalue weighted by atomic mass is 10.0. The number of carbonyl (C=O) groups is 1. The van der Waals surface area contributed by atoms with Crippen molar-refractivity contribution < 1.29 is 28.6 Å². The lowest BCUT2D eigenvalue weighted by Crippen LogP contribution is -2.23. The molecule has 1 amide bonds. The molecule has 0 radical (unpaired) electrons. The highest BCUT2D eigenvalue weighted by molar-refractivity contribution is 6.12. The maximum absolute atomic E-state index is 13.9. The molecule has 9 aromatic carbocycles. The lowest BCUT2D eigenvalue weighted by molar-refractivity contribution is 0.0953. The number of carbonyl (C=O) groups excluding carboxylic acids is 1. The number of aromatic nitrogens is 2. The van der Waals surface area contributed by atoms with Crippen LogP contribution in [-0.4, -0.2) is 49.7 Å². The third-order valence-electron chi connectivity index (χ3n) is 12.8. The number of methoxy groups -OCH3 is 2. The van der Waals surface area contributed by atoms with Gasteiger partial charge in [0.1, 0.15) is 35.2 Å². The van der Waals surface area contributed by atoms with Crippen molar-refractivity contribution in [2.45, 2.75) is 27.4 Å². The minimum atomic E-state index is -0.336. The van der Waals surface area contributed by atoms with Crippen LogP contribution in [-0.2, 0) is 11.4 Å². The second-order valence-corrected chi connectivity index (χ2v) is 17.6. The standard InChI is InChI=1S/C63H56N8O6/c1-6-71(51-32-36-53(74-5)37-33-51)77-41-46-38-44-18-12-14-20-54(44)59(61(46)75-7-2)67-66-49-26-30-50(31-27-49)70-40-57(58(69-70)43-16-10-9-11-17-43)42-22-24-48(25-23-42)65-68-60-55-21-15-13-19-45(55)39-56(62(60)76-8-3)63(72)64-47-28-34-52(73-4)35-29-47/h9-40H,6-8,41H2,1-5H3,(H,64,72). The van der Waals surface area contributed by atoms with Gasteiger partial charge in [-0.25, -0.2) is 4.68 Å². The molecule has 10 rings (SSSR count). The molecular weight excluding hydrogens is 965 g/mol. The molecule has 1 heterocycles. The lowest BCUT2D eigenvalue weighted by Gasteiger charge is -2.23. The molecule has 384 valence electrons. The second-order valence-electron chi connectivity index (χ2n) is 17.6. The van der Waals surface area contributed by atoms with Crippen LogP contribution >= 0.6 is 0 Å². The van der Waals surface area contributed by atoms with Crippen molar-refractivity contribution in [3.8, 4) is 51.1 Å². The van der Waals surface area contributed by atoms with Crippen LogP contribution in [0.4, 0.5) is 34.1 Å². The van der Waals surface area contributed by atoms with Gasteiger partial charge >= 0.3 is 0 Å². The van der Waals surface area contributed by atoms with Gasteiger partial charge in [-0.2, -0.15) is 15.3 Å². The molecule has 14 nitrogen and oxygen atoms in total. The van der Waals surface area contributed by atoms with Crippen LogP contribution in [0.15, 0.2) is 215 Å². The van der Waals surface area contributed by atoms with E-state index in [0.717, 1.165) is 66.6 Å². The molecule has 0 aliphatic carbocycles. The highest BCUT2D eigenvalue weighted by Gasteiger charge is 2.22. The van der Waals surface area contributed by atoms with Gasteiger partial charge in [-0.05, 0) is 134 Å². The van der Waals surface area contributed by atoms with Gasteiger partial charge in [0.15, 0.2) is 11.5 Å². The number of nitrogens with one attached hydrogen (secondary N) is 1. The summed E-state index contributed by atoms with van der Waals surface area (Å²) in [5.74, 6) is 2.09. The van der Waals surface area contributed by atoms with E-state index in [1.807, 2.05) is 176 Å². The average molecular weight is 1020 g/mol. The Hall–Kier alpha value is -9.66. The van der Waals surface area contributed by atoms with Crippen LogP contribution < -0.4 is 29.3 Å². The predicted molar refractivity (Wildman–Crippen MR) is 305 cm³/mol. The largest absolute Gasteiger partial charge is 0.497 e. The SMILES string of the molecule is CCOc1c(CON(CC)c2ccc(OC)cc2)cc2ccccc2c1N=Nc1ccc(-n2cc(-c3ccc(N=Nc4c(OCC)c(C(=O)Nc5ccc(OC)cc5)cc5ccccc45)cc3)c(-c3ccccc3)n2)cc1. The molecule has 77 heavy (non-hydrogen) atoms. The van der Waals surface area contributed by atoms with E-state index >= 15 is 0 Å². The zero-order chi connectivity index (χ0) is 53.1. The summed E-state index contributed by atoms with van der Waals surface area (Å²) in [5, 5.41) is 32.6. The van der Waals surface area contributed by atoms with Crippen molar-refractivity contribution >= 4 is 61.6 Å². The van der Waals surface area contributed by atoms with Crippen molar-refractivity contribution in [1.82, 2.24) is 9.78 Å². The Morgan fingerprint density at radius 1 is 0.584 bits per heavy atom. The summed E-state index contributed by atoms with van der Waals surface area (Å²) >= 11 is 0. The summed E-state index contributed by atoms with van der Waals surface area (Å²) in [5.41, 5.74) is 9.55. The van der Waals surface area contributed by atoms with Gasteiger partial charge in [0.2, 0.25) is 0 Å². The molecule has 1 N–H and O–H groups in total. The molecule has 0 spiro atoms. The van der Waals surface area contributed by atoms with Gasteiger partial charge in [-0.1, -0.05) is 91.0 Å². The van der Waals surface area contributed by atoms with Crippen molar-refractivity contribution in [3.63, 3.8) is 0 Å². The Balaban J connectivity index is 0.916. The number of anilines is 2. The molecule has 0 aliphatic rings. The van der Waals surface area contributed by atoms with Gasteiger partial charge in [0, 0.05) is 45.9 Å². The van der Waals surface area contributed by atoms with Crippen LogP contribution in [0.25, 0.3) is 49.6 Å². The van der Waals surface area contributed by atoms with Crippen molar-refractivity contribution in [1.29, 1.82) is 0 Å². The minimum Gasteiger partial charge on any atom is -0.497 e. The van der Waals surface area contributed by atoms with Gasteiger partial charge < -0.3 is 24.3 Å². The third kappa shape index (κ3) is 11.4. The number of ether oxygens (including phenoxy) is 4. The molecule has 0 unspecified atom stereocenters. The predicted octanol–water partition coefficient (Wildman–Crippen LogP) is 16.4. The second kappa shape index (κ2) is 23.7. The quantitative estimate of drug-likeness (QED) is 0.0587. The third-order valence-corrected chi connectivity index (χ3v) is 12.8. The zero-order valence-corrected chi connectivity index (χ0v) is 43.4. The molecule has 1 aromatic heterocycles. The normalized spacial score (nSPS) is 11.4. The number of fused-ring (bicyclic) bond motifs is 2. The van der Waals surface area contributed by atoms with E-state index in [2.05, 4.69) is 29.6 Å². The van der Waals surface area contributed by atoms with Crippen molar-refractivity contribution in [3.05, 3.63) is 205 Å².